The molecule has 19 heavy (non-hydrogen) atoms. The van der Waals surface area contributed by atoms with Crippen molar-refractivity contribution in [1.29, 1.82) is 0 Å². The number of alkyl carbamates (subject to hydrolysis) is 1. The molecule has 0 aromatic rings. The van der Waals surface area contributed by atoms with E-state index in [-0.39, 0.29) is 23.5 Å². The Balaban J connectivity index is 2.22. The predicted octanol–water partition coefficient (Wildman–Crippen LogP) is 1.86. The second kappa shape index (κ2) is 6.89. The van der Waals surface area contributed by atoms with Gasteiger partial charge < -0.3 is 15.4 Å². The number of amides is 1. The molecule has 1 aliphatic heterocycles. The van der Waals surface area contributed by atoms with E-state index < -0.39 is 0 Å². The molecule has 5 nitrogen and oxygen atoms in total. The van der Waals surface area contributed by atoms with Crippen molar-refractivity contribution in [2.45, 2.75) is 58.5 Å². The normalized spacial score (nSPS) is 23.8. The first-order chi connectivity index (χ1) is 8.78. The first-order valence-electron chi connectivity index (χ1n) is 6.96. The van der Waals surface area contributed by atoms with Crippen LogP contribution in [-0.4, -0.2) is 36.6 Å². The summed E-state index contributed by atoms with van der Waals surface area (Å²) in [7, 11) is 0. The molecule has 1 rings (SSSR count). The smallest absolute Gasteiger partial charge is 0.407 e. The van der Waals surface area contributed by atoms with Crippen LogP contribution in [0.1, 0.15) is 47.0 Å². The maximum Gasteiger partial charge on any atom is 0.407 e. The summed E-state index contributed by atoms with van der Waals surface area (Å²) in [4.78, 5) is 22.8. The van der Waals surface area contributed by atoms with E-state index >= 15 is 0 Å². The summed E-state index contributed by atoms with van der Waals surface area (Å²) in [6.45, 7) is 8.64. The highest BCUT2D eigenvalue weighted by Gasteiger charge is 2.24. The topological polar surface area (TPSA) is 67.4 Å². The Morgan fingerprint density at radius 1 is 1.37 bits per heavy atom. The molecule has 5 heteroatoms. The van der Waals surface area contributed by atoms with Crippen molar-refractivity contribution in [3.63, 3.8) is 0 Å². The molecule has 0 aromatic heterocycles. The average molecular weight is 270 g/mol. The highest BCUT2D eigenvalue weighted by molar-refractivity contribution is 5.81. The van der Waals surface area contributed by atoms with Gasteiger partial charge in [-0.2, -0.15) is 0 Å². The first kappa shape index (κ1) is 16.0. The molecule has 0 saturated carbocycles. The number of nitrogens with one attached hydrogen (secondary N) is 2. The van der Waals surface area contributed by atoms with Crippen molar-refractivity contribution in [2.24, 2.45) is 5.92 Å². The van der Waals surface area contributed by atoms with E-state index in [2.05, 4.69) is 10.6 Å². The van der Waals surface area contributed by atoms with Crippen LogP contribution in [0.2, 0.25) is 0 Å². The number of piperidine rings is 1. The molecule has 0 aromatic carbocycles. The molecule has 2 atom stereocenters. The number of ketones is 1. The largest absolute Gasteiger partial charge is 0.450 e. The van der Waals surface area contributed by atoms with E-state index in [0.29, 0.717) is 12.5 Å². The van der Waals surface area contributed by atoms with E-state index in [4.69, 9.17) is 4.74 Å². The summed E-state index contributed by atoms with van der Waals surface area (Å²) in [6.07, 6.45) is 2.33. The highest BCUT2D eigenvalue weighted by Crippen LogP contribution is 2.20. The van der Waals surface area contributed by atoms with Crippen molar-refractivity contribution in [3.05, 3.63) is 0 Å². The number of carbonyl (C=O) groups excluding carboxylic acids is 2. The molecule has 0 bridgehead atoms. The van der Waals surface area contributed by atoms with Gasteiger partial charge in [0.2, 0.25) is 0 Å². The van der Waals surface area contributed by atoms with E-state index in [9.17, 15) is 9.59 Å². The zero-order valence-electron chi connectivity index (χ0n) is 12.4. The number of ether oxygens (including phenoxy) is 1. The van der Waals surface area contributed by atoms with Gasteiger partial charge in [-0.05, 0) is 59.4 Å². The fourth-order valence-corrected chi connectivity index (χ4v) is 2.23. The summed E-state index contributed by atoms with van der Waals surface area (Å²) in [5, 5.41) is 5.97. The number of hydrogen-bond acceptors (Lipinski definition) is 4. The lowest BCUT2D eigenvalue weighted by molar-refractivity contribution is -0.119. The van der Waals surface area contributed by atoms with Gasteiger partial charge >= 0.3 is 6.09 Å². The van der Waals surface area contributed by atoms with Crippen LogP contribution < -0.4 is 10.6 Å². The van der Waals surface area contributed by atoms with Crippen LogP contribution in [0.25, 0.3) is 0 Å². The zero-order valence-corrected chi connectivity index (χ0v) is 12.4. The molecule has 110 valence electrons. The monoisotopic (exact) mass is 270 g/mol. The molecule has 1 saturated heterocycles. The van der Waals surface area contributed by atoms with Gasteiger partial charge in [0.25, 0.3) is 0 Å². The fourth-order valence-electron chi connectivity index (χ4n) is 2.23. The van der Waals surface area contributed by atoms with Crippen molar-refractivity contribution in [3.8, 4) is 0 Å². The standard InChI is InChI=1S/C14H26N2O3/c1-10(17)12-9-11(5-7-15-12)6-8-19-13(18)16-14(2,3)4/h11-12,15H,5-9H2,1-4H3,(H,16,18). The molecule has 1 aliphatic rings. The summed E-state index contributed by atoms with van der Waals surface area (Å²) in [6, 6.07) is -0.0258. The lowest BCUT2D eigenvalue weighted by atomic mass is 9.89. The van der Waals surface area contributed by atoms with Gasteiger partial charge in [0.1, 0.15) is 5.78 Å². The molecule has 0 spiro atoms. The minimum atomic E-state index is -0.371. The molecular weight excluding hydrogens is 244 g/mol. The maximum absolute atomic E-state index is 11.5. The van der Waals surface area contributed by atoms with Crippen LogP contribution in [0.3, 0.4) is 0 Å². The van der Waals surface area contributed by atoms with E-state index in [0.717, 1.165) is 25.8 Å². The Kier molecular flexibility index (Phi) is 5.79. The van der Waals surface area contributed by atoms with Gasteiger partial charge in [-0.15, -0.1) is 0 Å². The van der Waals surface area contributed by atoms with Gasteiger partial charge in [-0.25, -0.2) is 4.79 Å². The van der Waals surface area contributed by atoms with Crippen LogP contribution >= 0.6 is 0 Å². The number of rotatable bonds is 4. The summed E-state index contributed by atoms with van der Waals surface area (Å²) >= 11 is 0. The average Bonchev–Trinajstić information content (AvgIpc) is 2.27. The second-order valence-electron chi connectivity index (χ2n) is 6.31. The van der Waals surface area contributed by atoms with E-state index in [1.165, 1.54) is 0 Å². The van der Waals surface area contributed by atoms with Gasteiger partial charge in [0.15, 0.2) is 0 Å². The van der Waals surface area contributed by atoms with Crippen LogP contribution in [0.15, 0.2) is 0 Å². The fraction of sp³-hybridized carbons (Fsp3) is 0.857. The maximum atomic E-state index is 11.5. The van der Waals surface area contributed by atoms with Crippen LogP contribution in [0.4, 0.5) is 4.79 Å². The Morgan fingerprint density at radius 2 is 2.05 bits per heavy atom. The number of carbonyl (C=O) groups is 2. The highest BCUT2D eigenvalue weighted by atomic mass is 16.5. The van der Waals surface area contributed by atoms with Crippen molar-refractivity contribution in [2.75, 3.05) is 13.2 Å². The van der Waals surface area contributed by atoms with Crippen LogP contribution in [-0.2, 0) is 9.53 Å². The predicted molar refractivity (Wildman–Crippen MR) is 74.0 cm³/mol. The van der Waals surface area contributed by atoms with Crippen LogP contribution in [0, 0.1) is 5.92 Å². The van der Waals surface area contributed by atoms with Crippen LogP contribution in [0.5, 0.6) is 0 Å². The second-order valence-corrected chi connectivity index (χ2v) is 6.31. The minimum absolute atomic E-state index is 0.0258. The molecule has 0 radical (unpaired) electrons. The van der Waals surface area contributed by atoms with Crippen molar-refractivity contribution in [1.82, 2.24) is 10.6 Å². The summed E-state index contributed by atoms with van der Waals surface area (Å²) in [5.41, 5.74) is -0.272. The molecule has 1 heterocycles. The van der Waals surface area contributed by atoms with Gasteiger partial charge in [0, 0.05) is 5.54 Å². The number of hydrogen-bond donors (Lipinski definition) is 2. The Hall–Kier alpha value is -1.10. The van der Waals surface area contributed by atoms with E-state index in [1.807, 2.05) is 20.8 Å². The molecule has 1 amide bonds. The molecule has 0 aliphatic carbocycles. The third-order valence-corrected chi connectivity index (χ3v) is 3.24. The molecular formula is C14H26N2O3. The quantitative estimate of drug-likeness (QED) is 0.818. The minimum Gasteiger partial charge on any atom is -0.450 e. The summed E-state index contributed by atoms with van der Waals surface area (Å²) in [5.74, 6) is 0.647. The third-order valence-electron chi connectivity index (χ3n) is 3.24. The van der Waals surface area contributed by atoms with Gasteiger partial charge in [-0.3, -0.25) is 4.79 Å². The molecule has 2 N–H and O–H groups in total. The summed E-state index contributed by atoms with van der Waals surface area (Å²) < 4.78 is 5.16. The molecule has 1 fully saturated rings. The van der Waals surface area contributed by atoms with Gasteiger partial charge in [0.05, 0.1) is 12.6 Å². The van der Waals surface area contributed by atoms with Crippen molar-refractivity contribution < 1.29 is 14.3 Å². The Labute approximate surface area is 115 Å². The van der Waals surface area contributed by atoms with Gasteiger partial charge in [-0.1, -0.05) is 0 Å². The lowest BCUT2D eigenvalue weighted by Crippen LogP contribution is -2.43. The Morgan fingerprint density at radius 3 is 2.63 bits per heavy atom. The third kappa shape index (κ3) is 6.57. The first-order valence-corrected chi connectivity index (χ1v) is 6.96. The molecule has 2 unspecified atom stereocenters. The van der Waals surface area contributed by atoms with E-state index in [1.54, 1.807) is 6.92 Å². The SMILES string of the molecule is CC(=O)C1CC(CCOC(=O)NC(C)(C)C)CCN1. The Bertz CT molecular complexity index is 323. The number of Topliss-reactive ketones (excluding diaryl/α,β-unsaturated/α-hetero) is 1. The zero-order chi connectivity index (χ0) is 14.5. The lowest BCUT2D eigenvalue weighted by Gasteiger charge is -2.28. The van der Waals surface area contributed by atoms with Crippen molar-refractivity contribution >= 4 is 11.9 Å².